The first-order valence-electron chi connectivity index (χ1n) is 9.27. The number of carbonyl (C=O) groups is 4. The Kier molecular flexibility index (Phi) is 6.78. The quantitative estimate of drug-likeness (QED) is 0.770. The van der Waals surface area contributed by atoms with Crippen LogP contribution in [-0.2, 0) is 4.74 Å². The van der Waals surface area contributed by atoms with E-state index in [-0.39, 0.29) is 27.6 Å². The predicted molar refractivity (Wildman–Crippen MR) is 108 cm³/mol. The maximum Gasteiger partial charge on any atom is 0.413 e. The number of ether oxygens (including phenoxy) is 1. The van der Waals surface area contributed by atoms with Gasteiger partial charge in [0.15, 0.2) is 0 Å². The average molecular weight is 433 g/mol. The minimum absolute atomic E-state index is 0.00424. The number of benzene rings is 1. The number of halogens is 1. The number of likely N-dealkylation sites (tertiary alicyclic amines) is 1. The summed E-state index contributed by atoms with van der Waals surface area (Å²) in [6.45, 7) is 1.19. The second-order valence-corrected chi connectivity index (χ2v) is 7.53. The highest BCUT2D eigenvalue weighted by atomic mass is 32.1. The minimum atomic E-state index is -0.931. The van der Waals surface area contributed by atoms with Crippen LogP contribution in [-0.4, -0.2) is 48.9 Å². The number of nitrogens with one attached hydrogen (secondary N) is 2. The van der Waals surface area contributed by atoms with Crippen molar-refractivity contribution < 1.29 is 28.3 Å². The van der Waals surface area contributed by atoms with Gasteiger partial charge in [-0.1, -0.05) is 0 Å². The summed E-state index contributed by atoms with van der Waals surface area (Å²) in [6, 6.07) is 5.08. The molecule has 0 saturated carbocycles. The van der Waals surface area contributed by atoms with E-state index in [1.54, 1.807) is 10.3 Å². The number of piperidine rings is 1. The summed E-state index contributed by atoms with van der Waals surface area (Å²) >= 11 is 1.07. The number of alkyl carbamates (subject to hydrolysis) is 1. The molecule has 1 aromatic heterocycles. The monoisotopic (exact) mass is 433 g/mol. The number of hydrogen-bond acceptors (Lipinski definition) is 6. The van der Waals surface area contributed by atoms with E-state index in [1.165, 1.54) is 18.2 Å². The number of carbonyl (C=O) groups excluding carboxylic acids is 4. The van der Waals surface area contributed by atoms with Crippen molar-refractivity contribution in [3.8, 4) is 0 Å². The molecule has 1 aromatic carbocycles. The lowest BCUT2D eigenvalue weighted by Crippen LogP contribution is -2.36. The zero-order valence-corrected chi connectivity index (χ0v) is 17.0. The Labute approximate surface area is 176 Å². The number of hydrogen-bond donors (Lipinski definition) is 2. The van der Waals surface area contributed by atoms with Crippen LogP contribution < -0.4 is 10.6 Å². The number of amides is 4. The molecular weight excluding hydrogens is 413 g/mol. The molecule has 10 heteroatoms. The highest BCUT2D eigenvalue weighted by Gasteiger charge is 2.23. The summed E-state index contributed by atoms with van der Waals surface area (Å²) in [5.74, 6) is -2.57. The summed E-state index contributed by atoms with van der Waals surface area (Å²) in [4.78, 5) is 49.9. The molecule has 158 valence electrons. The molecule has 30 heavy (non-hydrogen) atoms. The van der Waals surface area contributed by atoms with Gasteiger partial charge in [-0.25, -0.2) is 9.18 Å². The molecule has 2 aromatic rings. The maximum absolute atomic E-state index is 14.5. The largest absolute Gasteiger partial charge is 0.453 e. The third-order valence-corrected chi connectivity index (χ3v) is 5.47. The van der Waals surface area contributed by atoms with E-state index in [1.807, 2.05) is 5.32 Å². The van der Waals surface area contributed by atoms with Crippen molar-refractivity contribution in [2.24, 2.45) is 0 Å². The summed E-state index contributed by atoms with van der Waals surface area (Å²) in [5, 5.41) is 6.27. The zero-order valence-electron chi connectivity index (χ0n) is 16.2. The van der Waals surface area contributed by atoms with Crippen LogP contribution in [0, 0.1) is 5.82 Å². The van der Waals surface area contributed by atoms with Gasteiger partial charge >= 0.3 is 6.09 Å². The Morgan fingerprint density at radius 3 is 2.43 bits per heavy atom. The fraction of sp³-hybridized carbons (Fsp3) is 0.300. The van der Waals surface area contributed by atoms with Crippen LogP contribution in [0.4, 0.5) is 14.2 Å². The lowest BCUT2D eigenvalue weighted by Gasteiger charge is -2.26. The first-order chi connectivity index (χ1) is 14.4. The second-order valence-electron chi connectivity index (χ2n) is 6.61. The molecule has 4 amide bonds. The molecule has 0 aliphatic carbocycles. The van der Waals surface area contributed by atoms with Crippen molar-refractivity contribution in [1.29, 1.82) is 0 Å². The van der Waals surface area contributed by atoms with Crippen LogP contribution in [0.1, 0.15) is 50.3 Å². The Morgan fingerprint density at radius 2 is 1.77 bits per heavy atom. The molecule has 0 radical (unpaired) electrons. The van der Waals surface area contributed by atoms with Gasteiger partial charge in [0.05, 0.1) is 18.2 Å². The van der Waals surface area contributed by atoms with Crippen molar-refractivity contribution >= 4 is 40.2 Å². The first kappa shape index (κ1) is 21.4. The molecule has 1 saturated heterocycles. The maximum atomic E-state index is 14.5. The lowest BCUT2D eigenvalue weighted by atomic mass is 10.1. The smallest absolute Gasteiger partial charge is 0.413 e. The van der Waals surface area contributed by atoms with Crippen molar-refractivity contribution in [1.82, 2.24) is 10.2 Å². The molecule has 1 fully saturated rings. The van der Waals surface area contributed by atoms with Crippen molar-refractivity contribution in [3.63, 3.8) is 0 Å². The summed E-state index contributed by atoms with van der Waals surface area (Å²) in [6.07, 6.45) is 1.90. The van der Waals surface area contributed by atoms with E-state index in [2.05, 4.69) is 10.1 Å². The van der Waals surface area contributed by atoms with Crippen molar-refractivity contribution in [2.75, 3.05) is 25.5 Å². The number of imide groups is 1. The first-order valence-corrected chi connectivity index (χ1v) is 10.2. The number of anilines is 1. The van der Waals surface area contributed by atoms with E-state index in [4.69, 9.17) is 0 Å². The lowest BCUT2D eigenvalue weighted by molar-refractivity contribution is 0.0718. The van der Waals surface area contributed by atoms with E-state index in [0.29, 0.717) is 13.1 Å². The fourth-order valence-corrected chi connectivity index (χ4v) is 3.85. The zero-order chi connectivity index (χ0) is 21.7. The van der Waals surface area contributed by atoms with Crippen LogP contribution in [0.5, 0.6) is 0 Å². The second kappa shape index (κ2) is 9.49. The molecule has 0 bridgehead atoms. The Balaban J connectivity index is 1.72. The fourth-order valence-electron chi connectivity index (χ4n) is 3.07. The molecule has 1 aliphatic heterocycles. The van der Waals surface area contributed by atoms with Gasteiger partial charge in [-0.15, -0.1) is 11.3 Å². The van der Waals surface area contributed by atoms with Gasteiger partial charge < -0.3 is 15.0 Å². The molecule has 2 N–H and O–H groups in total. The Morgan fingerprint density at radius 1 is 1.03 bits per heavy atom. The third-order valence-electron chi connectivity index (χ3n) is 4.64. The summed E-state index contributed by atoms with van der Waals surface area (Å²) in [5.41, 5.74) is -0.0192. The van der Waals surface area contributed by atoms with Gasteiger partial charge in [0.2, 0.25) is 0 Å². The van der Waals surface area contributed by atoms with Crippen molar-refractivity contribution in [3.05, 3.63) is 52.2 Å². The summed E-state index contributed by atoms with van der Waals surface area (Å²) in [7, 11) is 1.12. The van der Waals surface area contributed by atoms with Gasteiger partial charge in [-0.2, -0.15) is 0 Å². The van der Waals surface area contributed by atoms with Crippen LogP contribution in [0.2, 0.25) is 0 Å². The minimum Gasteiger partial charge on any atom is -0.453 e. The Hall–Kier alpha value is -3.27. The van der Waals surface area contributed by atoms with Gasteiger partial charge in [-0.3, -0.25) is 19.7 Å². The molecule has 3 rings (SSSR count). The van der Waals surface area contributed by atoms with Crippen LogP contribution in [0.15, 0.2) is 29.6 Å². The predicted octanol–water partition coefficient (Wildman–Crippen LogP) is 3.26. The van der Waals surface area contributed by atoms with Gasteiger partial charge in [-0.05, 0) is 48.9 Å². The van der Waals surface area contributed by atoms with Crippen LogP contribution in [0.25, 0.3) is 0 Å². The highest BCUT2D eigenvalue weighted by Crippen LogP contribution is 2.24. The van der Waals surface area contributed by atoms with Crippen LogP contribution in [0.3, 0.4) is 0 Å². The topological polar surface area (TPSA) is 105 Å². The summed E-state index contributed by atoms with van der Waals surface area (Å²) < 4.78 is 18.9. The molecule has 2 heterocycles. The Bertz CT molecular complexity index is 985. The van der Waals surface area contributed by atoms with E-state index in [0.717, 1.165) is 43.8 Å². The standard InChI is InChI=1S/C20H20FN3O5S/c1-29-20(28)23-17(26)14-7-10-30-18(14)22-16(25)12-5-6-13(15(21)11-12)19(27)24-8-3-2-4-9-24/h5-7,10-11H,2-4,8-9H2,1H3,(H,22,25)(H,23,26,28). The number of thiophene rings is 1. The third kappa shape index (κ3) is 4.82. The SMILES string of the molecule is COC(=O)NC(=O)c1ccsc1NC(=O)c1ccc(C(=O)N2CCCCC2)c(F)c1. The molecule has 1 aliphatic rings. The molecular formula is C20H20FN3O5S. The van der Waals surface area contributed by atoms with E-state index in [9.17, 15) is 23.6 Å². The number of nitrogens with zero attached hydrogens (tertiary/aromatic N) is 1. The highest BCUT2D eigenvalue weighted by molar-refractivity contribution is 7.14. The number of methoxy groups -OCH3 is 1. The van der Waals surface area contributed by atoms with Gasteiger partial charge in [0.1, 0.15) is 10.8 Å². The molecule has 8 nitrogen and oxygen atoms in total. The van der Waals surface area contributed by atoms with Gasteiger partial charge in [0.25, 0.3) is 17.7 Å². The number of rotatable bonds is 4. The molecule has 0 spiro atoms. The van der Waals surface area contributed by atoms with E-state index < -0.39 is 23.7 Å². The average Bonchev–Trinajstić information content (AvgIpc) is 3.21. The van der Waals surface area contributed by atoms with Gasteiger partial charge in [0, 0.05) is 18.7 Å². The molecule has 0 atom stereocenters. The van der Waals surface area contributed by atoms with Crippen LogP contribution >= 0.6 is 11.3 Å². The molecule has 0 unspecified atom stereocenters. The normalized spacial score (nSPS) is 13.5. The van der Waals surface area contributed by atoms with E-state index >= 15 is 0 Å². The van der Waals surface area contributed by atoms with Crippen molar-refractivity contribution in [2.45, 2.75) is 19.3 Å².